The molecule has 4 rings (SSSR count). The van der Waals surface area contributed by atoms with Gasteiger partial charge in [-0.15, -0.1) is 0 Å². The average Bonchev–Trinajstić information content (AvgIpc) is 3.31. The van der Waals surface area contributed by atoms with Crippen molar-refractivity contribution in [2.75, 3.05) is 23.7 Å². The molecule has 2 amide bonds. The zero-order valence-electron chi connectivity index (χ0n) is 18.8. The number of likely N-dealkylation sites (tertiary alicyclic amines) is 1. The van der Waals surface area contributed by atoms with Gasteiger partial charge < -0.3 is 15.5 Å². The number of anilines is 2. The highest BCUT2D eigenvalue weighted by molar-refractivity contribution is 14.1. The first-order chi connectivity index (χ1) is 16.8. The number of nitrogens with one attached hydrogen (secondary N) is 2. The number of halogens is 3. The second-order valence-electron chi connectivity index (χ2n) is 8.22. The van der Waals surface area contributed by atoms with Crippen LogP contribution in [0.3, 0.4) is 0 Å². The van der Waals surface area contributed by atoms with Gasteiger partial charge in [0.25, 0.3) is 0 Å². The lowest BCUT2D eigenvalue weighted by Gasteiger charge is -2.31. The minimum Gasteiger partial charge on any atom is -0.337 e. The smallest absolute Gasteiger partial charge is 0.321 e. The first kappa shape index (κ1) is 25.3. The first-order valence-corrected chi connectivity index (χ1v) is 12.7. The summed E-state index contributed by atoms with van der Waals surface area (Å²) in [5.41, 5.74) is 3.29. The van der Waals surface area contributed by atoms with E-state index in [0.29, 0.717) is 41.8 Å². The molecular weight excluding hydrogens is 630 g/mol. The Hall–Kier alpha value is -2.80. The summed E-state index contributed by atoms with van der Waals surface area (Å²) >= 11 is 4.92. The third-order valence-electron chi connectivity index (χ3n) is 5.83. The van der Waals surface area contributed by atoms with E-state index < -0.39 is 0 Å². The van der Waals surface area contributed by atoms with Crippen LogP contribution in [0.15, 0.2) is 62.5 Å². The molecule has 3 aromatic rings. The van der Waals surface area contributed by atoms with E-state index in [1.165, 1.54) is 6.07 Å². The van der Waals surface area contributed by atoms with Gasteiger partial charge in [-0.2, -0.15) is 8.30 Å². The summed E-state index contributed by atoms with van der Waals surface area (Å²) in [6.45, 7) is 0.930. The quantitative estimate of drug-likeness (QED) is 0.211. The molecule has 0 unspecified atom stereocenters. The van der Waals surface area contributed by atoms with Crippen molar-refractivity contribution >= 4 is 67.8 Å². The molecule has 2 heterocycles. The van der Waals surface area contributed by atoms with Crippen molar-refractivity contribution in [1.29, 1.82) is 0 Å². The lowest BCUT2D eigenvalue weighted by Crippen LogP contribution is -2.44. The average molecular weight is 653 g/mol. The minimum absolute atomic E-state index is 0.120. The van der Waals surface area contributed by atoms with Crippen LogP contribution in [0.25, 0.3) is 11.1 Å². The third kappa shape index (κ3) is 6.26. The predicted molar refractivity (Wildman–Crippen MR) is 146 cm³/mol. The Morgan fingerprint density at radius 3 is 2.37 bits per heavy atom. The summed E-state index contributed by atoms with van der Waals surface area (Å²) in [6.07, 6.45) is 4.80. The van der Waals surface area contributed by atoms with E-state index in [1.807, 2.05) is 37.5 Å². The molecule has 1 aromatic heterocycles. The van der Waals surface area contributed by atoms with E-state index in [4.69, 9.17) is 0 Å². The number of rotatable bonds is 5. The molecule has 0 spiro atoms. The maximum atomic E-state index is 13.5. The Kier molecular flexibility index (Phi) is 8.16. The maximum absolute atomic E-state index is 13.5. The molecule has 182 valence electrons. The van der Waals surface area contributed by atoms with Gasteiger partial charge >= 0.3 is 6.03 Å². The van der Waals surface area contributed by atoms with Crippen molar-refractivity contribution in [3.05, 3.63) is 65.1 Å². The number of piperidine rings is 1. The van der Waals surface area contributed by atoms with Gasteiger partial charge in [0.2, 0.25) is 5.78 Å². The number of carbonyl (C=O) groups is 2. The normalized spacial score (nSPS) is 14.6. The molecule has 2 N–H and O–H groups in total. The van der Waals surface area contributed by atoms with Gasteiger partial charge in [-0.3, -0.25) is 9.48 Å². The van der Waals surface area contributed by atoms with Crippen LogP contribution in [0.4, 0.5) is 20.6 Å². The van der Waals surface area contributed by atoms with Gasteiger partial charge in [-0.05, 0) is 64.7 Å². The Morgan fingerprint density at radius 2 is 1.77 bits per heavy atom. The second-order valence-corrected chi connectivity index (χ2v) is 9.56. The zero-order valence-corrected chi connectivity index (χ0v) is 22.6. The Balaban J connectivity index is 1.30. The van der Waals surface area contributed by atoms with Gasteiger partial charge in [0.05, 0.1) is 33.5 Å². The van der Waals surface area contributed by atoms with Crippen LogP contribution < -0.4 is 10.6 Å². The molecule has 0 radical (unpaired) electrons. The van der Waals surface area contributed by atoms with Gasteiger partial charge in [-0.25, -0.2) is 9.18 Å². The van der Waals surface area contributed by atoms with Crippen LogP contribution in [0.5, 0.6) is 0 Å². The van der Waals surface area contributed by atoms with Gasteiger partial charge in [0.15, 0.2) is 5.84 Å². The topological polar surface area (TPSA) is 91.6 Å². The summed E-state index contributed by atoms with van der Waals surface area (Å²) < 4.78 is 19.6. The Morgan fingerprint density at radius 1 is 1.09 bits per heavy atom. The molecule has 8 nitrogen and oxygen atoms in total. The monoisotopic (exact) mass is 652 g/mol. The van der Waals surface area contributed by atoms with E-state index in [2.05, 4.69) is 34.9 Å². The molecule has 0 aliphatic carbocycles. The third-order valence-corrected chi connectivity index (χ3v) is 6.92. The molecule has 35 heavy (non-hydrogen) atoms. The Labute approximate surface area is 224 Å². The number of ketones is 1. The van der Waals surface area contributed by atoms with Crippen LogP contribution >= 0.6 is 38.8 Å². The molecule has 1 fully saturated rings. The van der Waals surface area contributed by atoms with Crippen LogP contribution in [0.1, 0.15) is 12.8 Å². The number of hydrogen-bond donors (Lipinski definition) is 2. The van der Waals surface area contributed by atoms with Gasteiger partial charge in [-0.1, -0.05) is 12.1 Å². The summed E-state index contributed by atoms with van der Waals surface area (Å²) in [5.74, 6) is -0.542. The fraction of sp³-hybridized carbons (Fsp3) is 0.250. The lowest BCUT2D eigenvalue weighted by molar-refractivity contribution is -0.117. The molecule has 11 heteroatoms. The number of hydrogen-bond acceptors (Lipinski definition) is 4. The highest BCUT2D eigenvalue weighted by Crippen LogP contribution is 2.24. The molecule has 2 aromatic carbocycles. The number of nitrogens with zero attached hydrogens (tertiary/aromatic N) is 4. The van der Waals surface area contributed by atoms with Crippen molar-refractivity contribution in [1.82, 2.24) is 14.7 Å². The van der Waals surface area contributed by atoms with Crippen LogP contribution in [0, 0.1) is 11.7 Å². The molecule has 0 atom stereocenters. The molecule has 1 aliphatic rings. The minimum atomic E-state index is -0.384. The van der Waals surface area contributed by atoms with E-state index in [-0.39, 0.29) is 29.4 Å². The van der Waals surface area contributed by atoms with Crippen LogP contribution in [-0.2, 0) is 11.8 Å². The van der Waals surface area contributed by atoms with Crippen molar-refractivity contribution in [2.45, 2.75) is 12.8 Å². The second kappa shape index (κ2) is 11.3. The van der Waals surface area contributed by atoms with Crippen molar-refractivity contribution < 1.29 is 14.0 Å². The summed E-state index contributed by atoms with van der Waals surface area (Å²) in [4.78, 5) is 27.4. The number of Topliss-reactive ketones (excluding diaryl/α,β-unsaturated/α-hetero) is 1. The predicted octanol–water partition coefficient (Wildman–Crippen LogP) is 5.66. The van der Waals surface area contributed by atoms with Gasteiger partial charge in [0.1, 0.15) is 5.82 Å². The van der Waals surface area contributed by atoms with E-state index in [0.717, 1.165) is 11.1 Å². The number of aromatic nitrogens is 2. The maximum Gasteiger partial charge on any atom is 0.321 e. The first-order valence-electron chi connectivity index (χ1n) is 10.9. The van der Waals surface area contributed by atoms with E-state index in [9.17, 15) is 14.0 Å². The summed E-state index contributed by atoms with van der Waals surface area (Å²) in [7, 11) is 1.87. The van der Waals surface area contributed by atoms with Crippen molar-refractivity contribution in [3.8, 4) is 11.1 Å². The summed E-state index contributed by atoms with van der Waals surface area (Å²) in [6, 6.07) is 11.8. The summed E-state index contributed by atoms with van der Waals surface area (Å²) in [5, 5.41) is 10.1. The molecule has 0 bridgehead atoms. The fourth-order valence-electron chi connectivity index (χ4n) is 3.89. The number of amides is 2. The molecule has 1 saturated heterocycles. The SMILES string of the molecule is Cn1cc(-c2ccc(NC(=O)N3CCC(C(=O)/C(=N/I)Nc4ccc(F)c(Br)c4)CC3)cc2)cn1. The largest absolute Gasteiger partial charge is 0.337 e. The zero-order chi connectivity index (χ0) is 24.9. The highest BCUT2D eigenvalue weighted by atomic mass is 127. The fourth-order valence-corrected chi connectivity index (χ4v) is 4.63. The Bertz CT molecular complexity index is 1260. The number of aryl methyl sites for hydroxylation is 1. The van der Waals surface area contributed by atoms with E-state index in [1.54, 1.807) is 50.8 Å². The van der Waals surface area contributed by atoms with E-state index >= 15 is 0 Å². The molecule has 1 aliphatic heterocycles. The van der Waals surface area contributed by atoms with Crippen molar-refractivity contribution in [2.24, 2.45) is 16.2 Å². The lowest BCUT2D eigenvalue weighted by atomic mass is 9.92. The number of urea groups is 1. The molecular formula is C24H23BrFIN6O2. The number of carbonyl (C=O) groups excluding carboxylic acids is 2. The number of benzene rings is 2. The molecule has 0 saturated carbocycles. The standard InChI is InChI=1S/C24H23BrFIN6O2/c1-32-14-17(13-28-32)15-2-4-18(5-3-15)30-24(35)33-10-8-16(9-11-33)22(34)23(31-27)29-19-6-7-21(26)20(25)12-19/h2-7,12-14,16H,8-11H2,1H3,(H,29,31)(H,30,35). The number of amidine groups is 1. The van der Waals surface area contributed by atoms with Crippen LogP contribution in [-0.4, -0.2) is 45.4 Å². The van der Waals surface area contributed by atoms with Crippen LogP contribution in [0.2, 0.25) is 0 Å². The van der Waals surface area contributed by atoms with Crippen molar-refractivity contribution in [3.63, 3.8) is 0 Å². The van der Waals surface area contributed by atoms with Gasteiger partial charge in [0, 0.05) is 49.2 Å². The highest BCUT2D eigenvalue weighted by Gasteiger charge is 2.30.